The summed E-state index contributed by atoms with van der Waals surface area (Å²) in [7, 11) is 1.59. The van der Waals surface area contributed by atoms with E-state index in [0.29, 0.717) is 22.4 Å². The molecule has 0 saturated heterocycles. The second-order valence-corrected chi connectivity index (χ2v) is 5.71. The molecule has 0 aliphatic heterocycles. The molecule has 0 heterocycles. The van der Waals surface area contributed by atoms with Crippen LogP contribution in [0.1, 0.15) is 18.1 Å². The molecule has 128 valence electrons. The molecule has 25 heavy (non-hydrogen) atoms. The van der Waals surface area contributed by atoms with Gasteiger partial charge in [-0.05, 0) is 52.7 Å². The molecule has 2 rings (SSSR count). The normalized spacial score (nSPS) is 10.3. The van der Waals surface area contributed by atoms with Gasteiger partial charge in [-0.3, -0.25) is 0 Å². The number of carbonyl (C=O) groups excluding carboxylic acids is 1. The van der Waals surface area contributed by atoms with Crippen LogP contribution in [0.3, 0.4) is 0 Å². The number of hydrogen-bond acceptors (Lipinski definition) is 5. The lowest BCUT2D eigenvalue weighted by Gasteiger charge is -2.11. The Balaban J connectivity index is 2.16. The minimum atomic E-state index is -0.554. The zero-order valence-electron chi connectivity index (χ0n) is 13.8. The van der Waals surface area contributed by atoms with E-state index in [2.05, 4.69) is 15.9 Å². The average molecular weight is 402 g/mol. The Morgan fingerprint density at radius 3 is 2.60 bits per heavy atom. The van der Waals surface area contributed by atoms with E-state index in [9.17, 15) is 4.79 Å². The predicted octanol–water partition coefficient (Wildman–Crippen LogP) is 4.35. The summed E-state index contributed by atoms with van der Waals surface area (Å²) in [5.41, 5.74) is 1.24. The fourth-order valence-electron chi connectivity index (χ4n) is 2.01. The van der Waals surface area contributed by atoms with Crippen LogP contribution in [-0.2, 0) is 4.79 Å². The maximum Gasteiger partial charge on any atom is 0.336 e. The second kappa shape index (κ2) is 8.90. The Bertz CT molecular complexity index is 823. The van der Waals surface area contributed by atoms with Gasteiger partial charge in [0, 0.05) is 12.1 Å². The van der Waals surface area contributed by atoms with Crippen LogP contribution < -0.4 is 14.2 Å². The Morgan fingerprint density at radius 1 is 1.28 bits per heavy atom. The van der Waals surface area contributed by atoms with Gasteiger partial charge in [0.2, 0.25) is 0 Å². The SMILES string of the molecule is CCOc1cc(C#N)cc(Br)c1OC(=O)/C=C/c1ccc(OC)cc1. The monoisotopic (exact) mass is 401 g/mol. The van der Waals surface area contributed by atoms with Gasteiger partial charge in [0.15, 0.2) is 11.5 Å². The first-order chi connectivity index (χ1) is 12.1. The number of nitrogens with zero attached hydrogens (tertiary/aromatic N) is 1. The van der Waals surface area contributed by atoms with Crippen molar-refractivity contribution in [3.8, 4) is 23.3 Å². The van der Waals surface area contributed by atoms with Crippen molar-refractivity contribution in [2.45, 2.75) is 6.92 Å². The van der Waals surface area contributed by atoms with Gasteiger partial charge < -0.3 is 14.2 Å². The van der Waals surface area contributed by atoms with E-state index < -0.39 is 5.97 Å². The third kappa shape index (κ3) is 5.10. The summed E-state index contributed by atoms with van der Waals surface area (Å²) in [6.07, 6.45) is 2.96. The van der Waals surface area contributed by atoms with Gasteiger partial charge in [0.05, 0.1) is 29.8 Å². The van der Waals surface area contributed by atoms with Crippen LogP contribution in [-0.4, -0.2) is 19.7 Å². The van der Waals surface area contributed by atoms with Crippen LogP contribution in [0, 0.1) is 11.3 Å². The van der Waals surface area contributed by atoms with Crippen LogP contribution in [0.15, 0.2) is 46.9 Å². The number of benzene rings is 2. The zero-order valence-corrected chi connectivity index (χ0v) is 15.4. The van der Waals surface area contributed by atoms with Crippen molar-refractivity contribution in [1.82, 2.24) is 0 Å². The molecule has 0 bridgehead atoms. The number of carbonyl (C=O) groups is 1. The van der Waals surface area contributed by atoms with Gasteiger partial charge in [0.25, 0.3) is 0 Å². The maximum absolute atomic E-state index is 12.1. The highest BCUT2D eigenvalue weighted by Gasteiger charge is 2.15. The minimum absolute atomic E-state index is 0.241. The van der Waals surface area contributed by atoms with E-state index in [1.54, 1.807) is 31.4 Å². The standard InChI is InChI=1S/C19H16BrNO4/c1-3-24-17-11-14(12-21)10-16(20)19(17)25-18(22)9-6-13-4-7-15(23-2)8-5-13/h4-11H,3H2,1-2H3/b9-6+. The predicted molar refractivity (Wildman–Crippen MR) is 97.7 cm³/mol. The molecule has 0 aromatic heterocycles. The lowest BCUT2D eigenvalue weighted by Crippen LogP contribution is -2.07. The number of methoxy groups -OCH3 is 1. The molecule has 5 nitrogen and oxygen atoms in total. The summed E-state index contributed by atoms with van der Waals surface area (Å²) in [4.78, 5) is 12.1. The Hall–Kier alpha value is -2.78. The quantitative estimate of drug-likeness (QED) is 0.408. The maximum atomic E-state index is 12.1. The molecule has 0 spiro atoms. The number of esters is 1. The number of hydrogen-bond donors (Lipinski definition) is 0. The molecule has 2 aromatic rings. The topological polar surface area (TPSA) is 68.5 Å². The Kier molecular flexibility index (Phi) is 6.61. The molecule has 0 N–H and O–H groups in total. The summed E-state index contributed by atoms with van der Waals surface area (Å²) in [5.74, 6) is 0.759. The second-order valence-electron chi connectivity index (χ2n) is 4.86. The number of nitriles is 1. The van der Waals surface area contributed by atoms with Gasteiger partial charge in [0.1, 0.15) is 5.75 Å². The largest absolute Gasteiger partial charge is 0.497 e. The molecule has 0 amide bonds. The summed E-state index contributed by atoms with van der Waals surface area (Å²) in [5, 5.41) is 9.02. The van der Waals surface area contributed by atoms with Crippen LogP contribution in [0.25, 0.3) is 6.08 Å². The smallest absolute Gasteiger partial charge is 0.336 e. The van der Waals surface area contributed by atoms with E-state index in [-0.39, 0.29) is 5.75 Å². The molecule has 0 fully saturated rings. The Labute approximate surface area is 154 Å². The van der Waals surface area contributed by atoms with E-state index >= 15 is 0 Å². The van der Waals surface area contributed by atoms with Crippen molar-refractivity contribution in [3.05, 3.63) is 58.1 Å². The van der Waals surface area contributed by atoms with E-state index in [4.69, 9.17) is 19.5 Å². The number of rotatable bonds is 6. The lowest BCUT2D eigenvalue weighted by atomic mass is 10.2. The first-order valence-electron chi connectivity index (χ1n) is 7.47. The van der Waals surface area contributed by atoms with Gasteiger partial charge >= 0.3 is 5.97 Å². The van der Waals surface area contributed by atoms with Crippen molar-refractivity contribution < 1.29 is 19.0 Å². The van der Waals surface area contributed by atoms with E-state index in [0.717, 1.165) is 11.3 Å². The van der Waals surface area contributed by atoms with Crippen LogP contribution in [0.5, 0.6) is 17.2 Å². The van der Waals surface area contributed by atoms with E-state index in [1.807, 2.05) is 25.1 Å². The molecule has 0 saturated carbocycles. The fraction of sp³-hybridized carbons (Fsp3) is 0.158. The number of ether oxygens (including phenoxy) is 3. The van der Waals surface area contributed by atoms with Crippen LogP contribution in [0.2, 0.25) is 0 Å². The van der Waals surface area contributed by atoms with Gasteiger partial charge in [-0.1, -0.05) is 12.1 Å². The molecule has 0 unspecified atom stereocenters. The third-order valence-electron chi connectivity index (χ3n) is 3.17. The van der Waals surface area contributed by atoms with Crippen LogP contribution >= 0.6 is 15.9 Å². The van der Waals surface area contributed by atoms with Crippen molar-refractivity contribution in [1.29, 1.82) is 5.26 Å². The molecule has 0 radical (unpaired) electrons. The van der Waals surface area contributed by atoms with Gasteiger partial charge in [-0.15, -0.1) is 0 Å². The fourth-order valence-corrected chi connectivity index (χ4v) is 2.53. The highest BCUT2D eigenvalue weighted by molar-refractivity contribution is 9.10. The van der Waals surface area contributed by atoms with E-state index in [1.165, 1.54) is 12.1 Å². The molecular weight excluding hydrogens is 386 g/mol. The molecule has 6 heteroatoms. The average Bonchev–Trinajstić information content (AvgIpc) is 2.63. The van der Waals surface area contributed by atoms with Gasteiger partial charge in [-0.2, -0.15) is 5.26 Å². The zero-order chi connectivity index (χ0) is 18.2. The molecule has 0 aliphatic carbocycles. The van der Waals surface area contributed by atoms with Crippen molar-refractivity contribution >= 4 is 28.0 Å². The van der Waals surface area contributed by atoms with Gasteiger partial charge in [-0.25, -0.2) is 4.79 Å². The lowest BCUT2D eigenvalue weighted by molar-refractivity contribution is -0.129. The molecule has 0 aliphatic rings. The highest BCUT2D eigenvalue weighted by Crippen LogP contribution is 2.37. The van der Waals surface area contributed by atoms with Crippen molar-refractivity contribution in [3.63, 3.8) is 0 Å². The summed E-state index contributed by atoms with van der Waals surface area (Å²) in [6, 6.07) is 12.4. The third-order valence-corrected chi connectivity index (χ3v) is 3.76. The van der Waals surface area contributed by atoms with Crippen molar-refractivity contribution in [2.24, 2.45) is 0 Å². The first kappa shape index (κ1) is 18.6. The summed E-state index contributed by atoms with van der Waals surface area (Å²) >= 11 is 3.30. The number of halogens is 1. The molecule has 0 atom stereocenters. The summed E-state index contributed by atoms with van der Waals surface area (Å²) < 4.78 is 16.4. The summed E-state index contributed by atoms with van der Waals surface area (Å²) in [6.45, 7) is 2.19. The Morgan fingerprint density at radius 2 is 2.00 bits per heavy atom. The molecular formula is C19H16BrNO4. The highest BCUT2D eigenvalue weighted by atomic mass is 79.9. The first-order valence-corrected chi connectivity index (χ1v) is 8.27. The van der Waals surface area contributed by atoms with Crippen LogP contribution in [0.4, 0.5) is 0 Å². The van der Waals surface area contributed by atoms with Crippen molar-refractivity contribution in [2.75, 3.05) is 13.7 Å². The molecule has 2 aromatic carbocycles. The minimum Gasteiger partial charge on any atom is -0.497 e.